The van der Waals surface area contributed by atoms with E-state index >= 15 is 0 Å². The van der Waals surface area contributed by atoms with Gasteiger partial charge in [-0.3, -0.25) is 4.40 Å². The quantitative estimate of drug-likeness (QED) is 0.505. The van der Waals surface area contributed by atoms with Gasteiger partial charge in [0.1, 0.15) is 11.2 Å². The van der Waals surface area contributed by atoms with Gasteiger partial charge in [-0.2, -0.15) is 0 Å². The Kier molecular flexibility index (Phi) is 1.66. The highest BCUT2D eigenvalue weighted by Gasteiger charge is 2.12. The largest absolute Gasteiger partial charge is 0.339 e. The molecular weight excluding hydrogens is 280 g/mol. The fourth-order valence-corrected chi connectivity index (χ4v) is 2.62. The first-order valence-electron chi connectivity index (χ1n) is 5.24. The van der Waals surface area contributed by atoms with Gasteiger partial charge in [0.2, 0.25) is 5.78 Å². The molecule has 4 aromatic rings. The van der Waals surface area contributed by atoms with Gasteiger partial charge in [-0.05, 0) is 28.1 Å². The van der Waals surface area contributed by atoms with Gasteiger partial charge in [-0.15, -0.1) is 0 Å². The van der Waals surface area contributed by atoms with E-state index in [1.165, 1.54) is 0 Å². The van der Waals surface area contributed by atoms with Crippen molar-refractivity contribution < 1.29 is 0 Å². The average molecular weight is 287 g/mol. The van der Waals surface area contributed by atoms with E-state index in [0.717, 1.165) is 26.7 Å². The van der Waals surface area contributed by atoms with Crippen LogP contribution in [0, 0.1) is 0 Å². The summed E-state index contributed by atoms with van der Waals surface area (Å²) in [5, 5.41) is 1.12. The lowest BCUT2D eigenvalue weighted by molar-refractivity contribution is 1.09. The lowest BCUT2D eigenvalue weighted by Crippen LogP contribution is -1.90. The van der Waals surface area contributed by atoms with Gasteiger partial charge < -0.3 is 4.98 Å². The zero-order valence-corrected chi connectivity index (χ0v) is 10.3. The summed E-state index contributed by atoms with van der Waals surface area (Å²) in [4.78, 5) is 12.2. The minimum atomic E-state index is 0.700. The molecule has 3 aromatic heterocycles. The Bertz CT molecular complexity index is 859. The first kappa shape index (κ1) is 9.18. The number of aromatic nitrogens is 4. The molecule has 0 spiro atoms. The van der Waals surface area contributed by atoms with Crippen molar-refractivity contribution >= 4 is 43.8 Å². The Morgan fingerprint density at radius 1 is 1.18 bits per heavy atom. The molecule has 1 N–H and O–H groups in total. The van der Waals surface area contributed by atoms with Gasteiger partial charge in [0.25, 0.3) is 0 Å². The zero-order chi connectivity index (χ0) is 11.4. The number of hydrogen-bond acceptors (Lipinski definition) is 2. The minimum absolute atomic E-state index is 0.700. The molecule has 0 bridgehead atoms. The van der Waals surface area contributed by atoms with Crippen LogP contribution in [0.5, 0.6) is 0 Å². The smallest absolute Gasteiger partial charge is 0.236 e. The van der Waals surface area contributed by atoms with Crippen LogP contribution in [0.1, 0.15) is 0 Å². The van der Waals surface area contributed by atoms with Crippen LogP contribution >= 0.6 is 15.9 Å². The van der Waals surface area contributed by atoms with Crippen molar-refractivity contribution in [1.29, 1.82) is 0 Å². The normalized spacial score (nSPS) is 11.8. The molecule has 5 heteroatoms. The molecule has 0 unspecified atom stereocenters. The molecule has 4 rings (SSSR count). The molecule has 0 atom stereocenters. The van der Waals surface area contributed by atoms with Gasteiger partial charge in [-0.25, -0.2) is 9.97 Å². The fraction of sp³-hybridized carbons (Fsp3) is 0. The van der Waals surface area contributed by atoms with E-state index in [1.54, 1.807) is 6.20 Å². The summed E-state index contributed by atoms with van der Waals surface area (Å²) in [7, 11) is 0. The second kappa shape index (κ2) is 3.07. The third kappa shape index (κ3) is 1.12. The minimum Gasteiger partial charge on any atom is -0.339 e. The summed E-state index contributed by atoms with van der Waals surface area (Å²) < 4.78 is 2.91. The van der Waals surface area contributed by atoms with Gasteiger partial charge >= 0.3 is 0 Å². The van der Waals surface area contributed by atoms with Crippen LogP contribution in [0.15, 0.2) is 41.1 Å². The molecule has 0 aliphatic heterocycles. The molecule has 0 fully saturated rings. The van der Waals surface area contributed by atoms with Crippen molar-refractivity contribution in [3.8, 4) is 0 Å². The SMILES string of the molecule is Brc1ccnc2nc3c4ccccc4[nH]c3n12. The van der Waals surface area contributed by atoms with E-state index < -0.39 is 0 Å². The number of benzene rings is 1. The van der Waals surface area contributed by atoms with Gasteiger partial charge in [0.05, 0.1) is 4.60 Å². The van der Waals surface area contributed by atoms with Crippen LogP contribution in [0.4, 0.5) is 0 Å². The number of nitrogens with zero attached hydrogens (tertiary/aromatic N) is 3. The molecule has 0 radical (unpaired) electrons. The van der Waals surface area contributed by atoms with Gasteiger partial charge in [-0.1, -0.05) is 18.2 Å². The van der Waals surface area contributed by atoms with E-state index in [9.17, 15) is 0 Å². The third-order valence-electron chi connectivity index (χ3n) is 2.91. The average Bonchev–Trinajstić information content (AvgIpc) is 2.85. The van der Waals surface area contributed by atoms with Crippen LogP contribution < -0.4 is 0 Å². The lowest BCUT2D eigenvalue weighted by Gasteiger charge is -1.95. The highest BCUT2D eigenvalue weighted by Crippen LogP contribution is 2.26. The maximum Gasteiger partial charge on any atom is 0.236 e. The molecule has 17 heavy (non-hydrogen) atoms. The molecule has 1 aromatic carbocycles. The lowest BCUT2D eigenvalue weighted by atomic mass is 10.2. The summed E-state index contributed by atoms with van der Waals surface area (Å²) in [6.45, 7) is 0. The van der Waals surface area contributed by atoms with Gasteiger partial charge in [0, 0.05) is 17.1 Å². The van der Waals surface area contributed by atoms with Crippen LogP contribution in [-0.2, 0) is 0 Å². The Morgan fingerprint density at radius 2 is 2.06 bits per heavy atom. The zero-order valence-electron chi connectivity index (χ0n) is 8.68. The third-order valence-corrected chi connectivity index (χ3v) is 3.53. The fourth-order valence-electron chi connectivity index (χ4n) is 2.17. The Labute approximate surface area is 104 Å². The standard InChI is InChI=1S/C12H7BrN4/c13-9-5-6-14-12-16-10-7-3-1-2-4-8(7)15-11(10)17(9)12/h1-6,15H. The van der Waals surface area contributed by atoms with E-state index in [1.807, 2.05) is 28.7 Å². The number of nitrogens with one attached hydrogen (secondary N) is 1. The number of rotatable bonds is 0. The number of fused-ring (bicyclic) bond motifs is 5. The van der Waals surface area contributed by atoms with Gasteiger partial charge in [0.15, 0.2) is 0 Å². The van der Waals surface area contributed by atoms with E-state index in [4.69, 9.17) is 0 Å². The molecular formula is C12H7BrN4. The van der Waals surface area contributed by atoms with Crippen molar-refractivity contribution in [2.45, 2.75) is 0 Å². The first-order chi connectivity index (χ1) is 8.34. The van der Waals surface area contributed by atoms with Crippen LogP contribution in [0.3, 0.4) is 0 Å². The first-order valence-corrected chi connectivity index (χ1v) is 6.03. The van der Waals surface area contributed by atoms with Crippen molar-refractivity contribution in [1.82, 2.24) is 19.4 Å². The molecule has 0 saturated heterocycles. The number of H-pyrrole nitrogens is 1. The summed E-state index contributed by atoms with van der Waals surface area (Å²) in [6, 6.07) is 10.0. The second-order valence-corrected chi connectivity index (χ2v) is 4.70. The molecule has 0 amide bonds. The van der Waals surface area contributed by atoms with Crippen molar-refractivity contribution in [2.24, 2.45) is 0 Å². The van der Waals surface area contributed by atoms with Crippen LogP contribution in [0.25, 0.3) is 27.8 Å². The number of imidazole rings is 1. The maximum atomic E-state index is 4.55. The molecule has 82 valence electrons. The van der Waals surface area contributed by atoms with E-state index in [-0.39, 0.29) is 0 Å². The van der Waals surface area contributed by atoms with E-state index in [0.29, 0.717) is 5.78 Å². The molecule has 4 nitrogen and oxygen atoms in total. The summed E-state index contributed by atoms with van der Waals surface area (Å²) in [6.07, 6.45) is 1.74. The van der Waals surface area contributed by atoms with Crippen molar-refractivity contribution in [3.63, 3.8) is 0 Å². The van der Waals surface area contributed by atoms with E-state index in [2.05, 4.69) is 36.9 Å². The topological polar surface area (TPSA) is 46.0 Å². The molecule has 0 aliphatic rings. The highest BCUT2D eigenvalue weighted by molar-refractivity contribution is 9.10. The predicted molar refractivity (Wildman–Crippen MR) is 70.0 cm³/mol. The number of aromatic amines is 1. The maximum absolute atomic E-state index is 4.55. The molecule has 3 heterocycles. The Morgan fingerprint density at radius 3 is 3.00 bits per heavy atom. The number of halogens is 1. The van der Waals surface area contributed by atoms with Crippen LogP contribution in [0.2, 0.25) is 0 Å². The molecule has 0 aliphatic carbocycles. The Balaban J connectivity index is 2.35. The predicted octanol–water partition coefficient (Wildman–Crippen LogP) is 3.13. The second-order valence-electron chi connectivity index (χ2n) is 3.88. The highest BCUT2D eigenvalue weighted by atomic mass is 79.9. The summed E-state index contributed by atoms with van der Waals surface area (Å²) >= 11 is 3.52. The summed E-state index contributed by atoms with van der Waals surface area (Å²) in [5.74, 6) is 0.700. The number of para-hydroxylation sites is 1. The number of hydrogen-bond donors (Lipinski definition) is 1. The molecule has 0 saturated carbocycles. The monoisotopic (exact) mass is 286 g/mol. The van der Waals surface area contributed by atoms with Crippen LogP contribution in [-0.4, -0.2) is 19.4 Å². The van der Waals surface area contributed by atoms with Crippen molar-refractivity contribution in [3.05, 3.63) is 41.1 Å². The Hall–Kier alpha value is -1.88. The van der Waals surface area contributed by atoms with Crippen molar-refractivity contribution in [2.75, 3.05) is 0 Å². The summed E-state index contributed by atoms with van der Waals surface area (Å²) in [5.41, 5.74) is 3.02.